The zero-order valence-electron chi connectivity index (χ0n) is 13.2. The molecule has 0 spiro atoms. The predicted molar refractivity (Wildman–Crippen MR) is 97.8 cm³/mol. The van der Waals surface area contributed by atoms with Crippen LogP contribution in [0.3, 0.4) is 0 Å². The molecule has 138 valence electrons. The van der Waals surface area contributed by atoms with Gasteiger partial charge in [-0.3, -0.25) is 0 Å². The minimum Gasteiger partial charge on any atom is -0.243 e. The molecule has 0 unspecified atom stereocenters. The summed E-state index contributed by atoms with van der Waals surface area (Å²) in [6.45, 7) is 2.10. The zero-order valence-corrected chi connectivity index (χ0v) is 17.0. The van der Waals surface area contributed by atoms with E-state index >= 15 is 0 Å². The molecule has 0 radical (unpaired) electrons. The van der Waals surface area contributed by atoms with Crippen molar-refractivity contribution in [2.24, 2.45) is 0 Å². The van der Waals surface area contributed by atoms with Gasteiger partial charge in [-0.2, -0.15) is 14.5 Å². The Balaban J connectivity index is 2.36. The molecule has 0 aliphatic rings. The van der Waals surface area contributed by atoms with Gasteiger partial charge in [0.2, 0.25) is 8.13 Å². The molecule has 0 fully saturated rings. The number of nitrogens with zero attached hydrogens (tertiary/aromatic N) is 6. The number of rotatable bonds is 6. The van der Waals surface area contributed by atoms with Gasteiger partial charge in [-0.05, 0) is 6.42 Å². The SMILES string of the molecule is CCCCCCc1nc(C(Cl)(Cl)C(Cl)(Cl)Cl)nn1C(=O)n1cncn1. The van der Waals surface area contributed by atoms with Gasteiger partial charge >= 0.3 is 6.03 Å². The average Bonchev–Trinajstić information content (AvgIpc) is 3.19. The molecule has 2 heterocycles. The molecule has 0 aromatic carbocycles. The van der Waals surface area contributed by atoms with Gasteiger partial charge in [0, 0.05) is 6.42 Å². The Labute approximate surface area is 169 Å². The van der Waals surface area contributed by atoms with Crippen molar-refractivity contribution in [3.63, 3.8) is 0 Å². The molecule has 2 aromatic rings. The molecule has 7 nitrogen and oxygen atoms in total. The molecule has 0 N–H and O–H groups in total. The molecule has 2 aromatic heterocycles. The van der Waals surface area contributed by atoms with Gasteiger partial charge in [0.25, 0.3) is 0 Å². The second-order valence-electron chi connectivity index (χ2n) is 5.27. The molecular weight excluding hydrogens is 433 g/mol. The van der Waals surface area contributed by atoms with Gasteiger partial charge < -0.3 is 0 Å². The first-order chi connectivity index (χ1) is 11.7. The number of aromatic nitrogens is 6. The van der Waals surface area contributed by atoms with Crippen LogP contribution in [0.15, 0.2) is 12.7 Å². The van der Waals surface area contributed by atoms with Crippen LogP contribution >= 0.6 is 58.0 Å². The lowest BCUT2D eigenvalue weighted by molar-refractivity contribution is 0.237. The average molecular weight is 449 g/mol. The highest BCUT2D eigenvalue weighted by molar-refractivity contribution is 6.75. The van der Waals surface area contributed by atoms with Crippen LogP contribution in [0, 0.1) is 0 Å². The van der Waals surface area contributed by atoms with E-state index in [9.17, 15) is 4.79 Å². The number of unbranched alkanes of at least 4 members (excludes halogenated alkanes) is 3. The van der Waals surface area contributed by atoms with Crippen molar-refractivity contribution in [3.8, 4) is 0 Å². The van der Waals surface area contributed by atoms with E-state index in [-0.39, 0.29) is 5.82 Å². The third kappa shape index (κ3) is 4.77. The molecule has 2 rings (SSSR count). The van der Waals surface area contributed by atoms with Crippen molar-refractivity contribution < 1.29 is 4.79 Å². The maximum atomic E-state index is 12.5. The predicted octanol–water partition coefficient (Wildman–Crippen LogP) is 4.51. The summed E-state index contributed by atoms with van der Waals surface area (Å²) in [6, 6.07) is -0.588. The van der Waals surface area contributed by atoms with Gasteiger partial charge in [-0.25, -0.2) is 14.8 Å². The van der Waals surface area contributed by atoms with Crippen LogP contribution in [-0.2, 0) is 10.8 Å². The van der Waals surface area contributed by atoms with Crippen molar-refractivity contribution in [1.82, 2.24) is 29.5 Å². The Morgan fingerprint density at radius 2 is 1.88 bits per heavy atom. The summed E-state index contributed by atoms with van der Waals surface area (Å²) in [5, 5.41) is 7.84. The lowest BCUT2D eigenvalue weighted by Crippen LogP contribution is -2.30. The molecule has 0 saturated heterocycles. The number of carbonyl (C=O) groups is 1. The summed E-state index contributed by atoms with van der Waals surface area (Å²) in [4.78, 5) is 20.5. The Hall–Kier alpha value is -0.600. The zero-order chi connectivity index (χ0) is 18.7. The summed E-state index contributed by atoms with van der Waals surface area (Å²) in [6.07, 6.45) is 6.89. The van der Waals surface area contributed by atoms with Gasteiger partial charge in [0.1, 0.15) is 18.5 Å². The molecule has 12 heteroatoms. The van der Waals surface area contributed by atoms with Gasteiger partial charge in [0.05, 0.1) is 0 Å². The summed E-state index contributed by atoms with van der Waals surface area (Å²) in [5.41, 5.74) is 0. The standard InChI is InChI=1S/C13H15Cl5N6O/c1-2-3-4-5-6-9-21-10(12(14,15)13(16,17)18)22-24(9)11(25)23-8-19-7-20-23/h7-8H,2-6H2,1H3. The lowest BCUT2D eigenvalue weighted by atomic mass is 10.1. The van der Waals surface area contributed by atoms with E-state index in [1.54, 1.807) is 0 Å². The topological polar surface area (TPSA) is 78.5 Å². The first-order valence-electron chi connectivity index (χ1n) is 7.48. The number of hydrogen-bond acceptors (Lipinski definition) is 5. The highest BCUT2D eigenvalue weighted by atomic mass is 35.6. The quantitative estimate of drug-likeness (QED) is 0.480. The van der Waals surface area contributed by atoms with Gasteiger partial charge in [0.15, 0.2) is 5.82 Å². The maximum Gasteiger partial charge on any atom is 0.372 e. The van der Waals surface area contributed by atoms with Crippen LogP contribution in [-0.4, -0.2) is 39.4 Å². The van der Waals surface area contributed by atoms with Crippen molar-refractivity contribution >= 4 is 64.0 Å². The molecule has 0 saturated carbocycles. The van der Waals surface area contributed by atoms with Gasteiger partial charge in [-0.15, -0.1) is 5.10 Å². The van der Waals surface area contributed by atoms with Crippen molar-refractivity contribution in [2.45, 2.75) is 47.2 Å². The van der Waals surface area contributed by atoms with Crippen LogP contribution in [0.2, 0.25) is 0 Å². The summed E-state index contributed by atoms with van der Waals surface area (Å²) < 4.78 is -2.05. The van der Waals surface area contributed by atoms with Crippen LogP contribution in [0.1, 0.15) is 44.3 Å². The summed E-state index contributed by atoms with van der Waals surface area (Å²) in [7, 11) is 0. The van der Waals surface area contributed by atoms with E-state index in [0.717, 1.165) is 35.0 Å². The Kier molecular flexibility index (Phi) is 6.95. The van der Waals surface area contributed by atoms with Crippen LogP contribution < -0.4 is 0 Å². The van der Waals surface area contributed by atoms with E-state index < -0.39 is 14.2 Å². The van der Waals surface area contributed by atoms with Crippen LogP contribution in [0.5, 0.6) is 0 Å². The Bertz CT molecular complexity index is 709. The van der Waals surface area contributed by atoms with Crippen LogP contribution in [0.25, 0.3) is 0 Å². The molecule has 0 bridgehead atoms. The Morgan fingerprint density at radius 1 is 1.16 bits per heavy atom. The van der Waals surface area contributed by atoms with Gasteiger partial charge in [-0.1, -0.05) is 84.2 Å². The number of hydrogen-bond donors (Lipinski definition) is 0. The Morgan fingerprint density at radius 3 is 2.44 bits per heavy atom. The van der Waals surface area contributed by atoms with E-state index in [1.165, 1.54) is 12.7 Å². The normalized spacial score (nSPS) is 12.6. The molecule has 25 heavy (non-hydrogen) atoms. The molecule has 0 amide bonds. The second-order valence-corrected chi connectivity index (χ2v) is 8.88. The fraction of sp³-hybridized carbons (Fsp3) is 0.615. The van der Waals surface area contributed by atoms with E-state index in [1.807, 2.05) is 0 Å². The summed E-state index contributed by atoms with van der Waals surface area (Å²) >= 11 is 29.7. The van der Waals surface area contributed by atoms with E-state index in [4.69, 9.17) is 58.0 Å². The highest BCUT2D eigenvalue weighted by Crippen LogP contribution is 2.51. The van der Waals surface area contributed by atoms with Crippen molar-refractivity contribution in [2.75, 3.05) is 0 Å². The number of carbonyl (C=O) groups excluding carboxylic acids is 1. The molecule has 0 aliphatic carbocycles. The fourth-order valence-electron chi connectivity index (χ4n) is 2.03. The van der Waals surface area contributed by atoms with Crippen molar-refractivity contribution in [3.05, 3.63) is 24.3 Å². The van der Waals surface area contributed by atoms with Crippen molar-refractivity contribution in [1.29, 1.82) is 0 Å². The number of aryl methyl sites for hydroxylation is 1. The summed E-state index contributed by atoms with van der Waals surface area (Å²) in [5.74, 6) is 0.182. The molecule has 0 aliphatic heterocycles. The van der Waals surface area contributed by atoms with E-state index in [2.05, 4.69) is 27.1 Å². The monoisotopic (exact) mass is 446 g/mol. The maximum absolute atomic E-state index is 12.5. The number of alkyl halides is 5. The first-order valence-corrected chi connectivity index (χ1v) is 9.37. The third-order valence-corrected chi connectivity index (χ3v) is 5.70. The minimum absolute atomic E-state index is 0.171. The lowest BCUT2D eigenvalue weighted by Gasteiger charge is -2.23. The number of halogens is 5. The minimum atomic E-state index is -2.09. The largest absolute Gasteiger partial charge is 0.372 e. The fourth-order valence-corrected chi connectivity index (χ4v) is 2.45. The van der Waals surface area contributed by atoms with Crippen LogP contribution in [0.4, 0.5) is 4.79 Å². The highest BCUT2D eigenvalue weighted by Gasteiger charge is 2.51. The van der Waals surface area contributed by atoms with E-state index in [0.29, 0.717) is 12.2 Å². The molecular formula is C13H15Cl5N6O. The second kappa shape index (κ2) is 8.39. The third-order valence-electron chi connectivity index (χ3n) is 3.36. The first kappa shape index (κ1) is 20.7. The smallest absolute Gasteiger partial charge is 0.243 e. The molecule has 0 atom stereocenters.